The van der Waals surface area contributed by atoms with Crippen LogP contribution in [0.2, 0.25) is 5.15 Å². The zero-order chi connectivity index (χ0) is 37.7. The Balaban J connectivity index is 1.44. The van der Waals surface area contributed by atoms with Crippen molar-refractivity contribution in [3.8, 4) is 11.5 Å². The van der Waals surface area contributed by atoms with Crippen molar-refractivity contribution in [2.24, 2.45) is 11.3 Å². The van der Waals surface area contributed by atoms with E-state index in [4.69, 9.17) is 25.8 Å². The lowest BCUT2D eigenvalue weighted by molar-refractivity contribution is -0.143. The molecule has 1 aliphatic heterocycles. The average molecular weight is 748 g/mol. The number of halogens is 1. The number of carbonyl (C=O) groups excluding carboxylic acids is 4. The van der Waals surface area contributed by atoms with Crippen LogP contribution in [0.25, 0.3) is 10.8 Å². The maximum atomic E-state index is 14.4. The topological polar surface area (TPSA) is 182 Å². The molecule has 278 valence electrons. The molecule has 0 unspecified atom stereocenters. The van der Waals surface area contributed by atoms with E-state index < -0.39 is 79.7 Å². The van der Waals surface area contributed by atoms with Crippen LogP contribution in [0.15, 0.2) is 37.1 Å². The number of alkyl carbamates (subject to hydrolysis) is 1. The predicted octanol–water partition coefficient (Wildman–Crippen LogP) is 3.85. The molecule has 1 aromatic heterocycles. The van der Waals surface area contributed by atoms with Gasteiger partial charge >= 0.3 is 6.09 Å². The number of hydrogen-bond donors (Lipinski definition) is 3. The normalized spacial score (nSPS) is 23.9. The molecule has 4 amide bonds. The molecule has 3 fully saturated rings. The van der Waals surface area contributed by atoms with Crippen LogP contribution < -0.4 is 24.8 Å². The van der Waals surface area contributed by atoms with E-state index in [1.165, 1.54) is 24.3 Å². The molecule has 3 N–H and O–H groups in total. The van der Waals surface area contributed by atoms with Crippen LogP contribution in [0, 0.1) is 11.3 Å². The summed E-state index contributed by atoms with van der Waals surface area (Å²) in [5.74, 6) is -1.72. The summed E-state index contributed by atoms with van der Waals surface area (Å²) in [6.07, 6.45) is 2.53. The molecule has 2 saturated carbocycles. The van der Waals surface area contributed by atoms with Crippen LogP contribution in [0.5, 0.6) is 11.5 Å². The van der Waals surface area contributed by atoms with Crippen molar-refractivity contribution in [2.75, 3.05) is 13.7 Å². The monoisotopic (exact) mass is 747 g/mol. The summed E-state index contributed by atoms with van der Waals surface area (Å²) >= 11 is 6.39. The Labute approximate surface area is 303 Å². The van der Waals surface area contributed by atoms with Crippen LogP contribution in [0.3, 0.4) is 0 Å². The number of pyridine rings is 1. The molecule has 1 saturated heterocycles. The smallest absolute Gasteiger partial charge is 0.408 e. The van der Waals surface area contributed by atoms with Crippen LogP contribution in [-0.2, 0) is 29.1 Å². The molecular weight excluding hydrogens is 702 g/mol. The van der Waals surface area contributed by atoms with Crippen LogP contribution in [0.4, 0.5) is 4.79 Å². The fourth-order valence-corrected chi connectivity index (χ4v) is 7.79. The van der Waals surface area contributed by atoms with E-state index in [0.29, 0.717) is 35.1 Å². The molecule has 3 aliphatic rings. The lowest BCUT2D eigenvalue weighted by atomic mass is 9.85. The highest BCUT2D eigenvalue weighted by molar-refractivity contribution is 7.91. The van der Waals surface area contributed by atoms with Crippen molar-refractivity contribution in [1.29, 1.82) is 0 Å². The molecule has 5 rings (SSSR count). The van der Waals surface area contributed by atoms with Crippen LogP contribution in [-0.4, -0.2) is 90.3 Å². The van der Waals surface area contributed by atoms with Gasteiger partial charge in [0.25, 0.3) is 5.91 Å². The largest absolute Gasteiger partial charge is 0.494 e. The third kappa shape index (κ3) is 8.35. The molecule has 16 heteroatoms. The summed E-state index contributed by atoms with van der Waals surface area (Å²) in [4.78, 5) is 60.4. The summed E-state index contributed by atoms with van der Waals surface area (Å²) in [5, 5.41) is 6.31. The molecule has 2 heterocycles. The fourth-order valence-electron chi connectivity index (χ4n) is 6.23. The molecule has 2 aromatic rings. The summed E-state index contributed by atoms with van der Waals surface area (Å²) in [6, 6.07) is 2.88. The van der Waals surface area contributed by atoms with Gasteiger partial charge in [-0.25, -0.2) is 18.2 Å². The number of sulfonamides is 1. The van der Waals surface area contributed by atoms with E-state index in [1.807, 2.05) is 0 Å². The number of likely N-dealkylation sites (tertiary alicyclic amines) is 1. The van der Waals surface area contributed by atoms with Crippen LogP contribution in [0.1, 0.15) is 67.2 Å². The Morgan fingerprint density at radius 1 is 1.12 bits per heavy atom. The number of nitrogens with zero attached hydrogens (tertiary/aromatic N) is 2. The van der Waals surface area contributed by atoms with Crippen molar-refractivity contribution in [2.45, 2.75) is 102 Å². The quantitative estimate of drug-likeness (QED) is 0.226. The third-order valence-electron chi connectivity index (χ3n) is 9.17. The summed E-state index contributed by atoms with van der Waals surface area (Å²) in [6.45, 7) is 14.1. The number of aromatic nitrogens is 1. The Kier molecular flexibility index (Phi) is 10.3. The molecule has 51 heavy (non-hydrogen) atoms. The lowest BCUT2D eigenvalue weighted by Crippen LogP contribution is -2.60. The van der Waals surface area contributed by atoms with Crippen molar-refractivity contribution >= 4 is 56.2 Å². The number of nitrogens with one attached hydrogen (secondary N) is 3. The minimum absolute atomic E-state index is 0.0137. The zero-order valence-corrected chi connectivity index (χ0v) is 31.4. The van der Waals surface area contributed by atoms with Gasteiger partial charge in [0.15, 0.2) is 0 Å². The molecule has 1 aromatic carbocycles. The second kappa shape index (κ2) is 13.8. The van der Waals surface area contributed by atoms with Crippen molar-refractivity contribution in [3.63, 3.8) is 0 Å². The van der Waals surface area contributed by atoms with E-state index in [0.717, 1.165) is 0 Å². The first-order valence-corrected chi connectivity index (χ1v) is 18.7. The fraction of sp³-hybridized carbons (Fsp3) is 0.571. The maximum absolute atomic E-state index is 14.4. The molecule has 2 aliphatic carbocycles. The first kappa shape index (κ1) is 38.1. The number of methoxy groups -OCH3 is 1. The number of ether oxygens (including phenoxy) is 3. The highest BCUT2D eigenvalue weighted by Gasteiger charge is 2.62. The number of amides is 4. The number of fused-ring (bicyclic) bond motifs is 1. The first-order valence-electron chi connectivity index (χ1n) is 16.8. The molecule has 14 nitrogen and oxygen atoms in total. The SMILES string of the molecule is C=C[C@@H]1C[C@]1(NC(=O)[C@@H]1C[C@@H](Oc2ccc3c(OC)cnc(Cl)c3c2)CN1C(=O)[C@@H](NC(=O)OC(C)(C)C)C(C)(C)C)C(=O)NS(=O)(=O)C1CC1. The second-order valence-corrected chi connectivity index (χ2v) is 17.8. The van der Waals surface area contributed by atoms with Crippen molar-refractivity contribution in [3.05, 3.63) is 42.2 Å². The first-order chi connectivity index (χ1) is 23.7. The van der Waals surface area contributed by atoms with Gasteiger partial charge in [0.1, 0.15) is 46.0 Å². The zero-order valence-electron chi connectivity index (χ0n) is 29.9. The van der Waals surface area contributed by atoms with Gasteiger partial charge in [0.05, 0.1) is 25.1 Å². The molecule has 0 radical (unpaired) electrons. The highest BCUT2D eigenvalue weighted by atomic mass is 35.5. The van der Waals surface area contributed by atoms with Gasteiger partial charge in [0.2, 0.25) is 21.8 Å². The van der Waals surface area contributed by atoms with Gasteiger partial charge in [-0.1, -0.05) is 38.4 Å². The lowest BCUT2D eigenvalue weighted by Gasteiger charge is -2.36. The van der Waals surface area contributed by atoms with Gasteiger partial charge in [-0.05, 0) is 63.6 Å². The Morgan fingerprint density at radius 3 is 2.37 bits per heavy atom. The van der Waals surface area contributed by atoms with Crippen LogP contribution >= 0.6 is 11.6 Å². The van der Waals surface area contributed by atoms with Gasteiger partial charge < -0.3 is 29.7 Å². The Hall–Kier alpha value is -4.11. The average Bonchev–Trinajstić information content (AvgIpc) is 3.95. The molecular formula is C35H46ClN5O9S. The van der Waals surface area contributed by atoms with Gasteiger partial charge in [0, 0.05) is 23.1 Å². The van der Waals surface area contributed by atoms with E-state index in [2.05, 4.69) is 26.9 Å². The highest BCUT2D eigenvalue weighted by Crippen LogP contribution is 2.45. The summed E-state index contributed by atoms with van der Waals surface area (Å²) in [7, 11) is -2.38. The number of hydrogen-bond acceptors (Lipinski definition) is 10. The Bertz CT molecular complexity index is 1850. The number of benzene rings is 1. The number of rotatable bonds is 11. The van der Waals surface area contributed by atoms with Crippen molar-refractivity contribution < 1.29 is 41.8 Å². The van der Waals surface area contributed by atoms with Gasteiger partial charge in [-0.3, -0.25) is 19.1 Å². The summed E-state index contributed by atoms with van der Waals surface area (Å²) in [5.41, 5.74) is -3.22. The number of carbonyl (C=O) groups is 4. The molecule has 5 atom stereocenters. The van der Waals surface area contributed by atoms with Gasteiger partial charge in [-0.2, -0.15) is 0 Å². The van der Waals surface area contributed by atoms with E-state index in [9.17, 15) is 27.6 Å². The van der Waals surface area contributed by atoms with E-state index in [1.54, 1.807) is 59.7 Å². The maximum Gasteiger partial charge on any atom is 0.408 e. The minimum atomic E-state index is -3.90. The van der Waals surface area contributed by atoms with E-state index >= 15 is 0 Å². The predicted molar refractivity (Wildman–Crippen MR) is 190 cm³/mol. The van der Waals surface area contributed by atoms with Crippen molar-refractivity contribution in [1.82, 2.24) is 25.2 Å². The summed E-state index contributed by atoms with van der Waals surface area (Å²) < 4.78 is 44.6. The standard InChI is InChI=1S/C35H46ClN5O9S/c1-9-19-16-35(19,31(44)40-51(46,47)22-11-12-22)39-29(42)25-15-21(49-20-10-13-23-24(14-20)28(36)37-17-26(23)48-8)18-41(25)30(43)27(33(2,3)4)38-32(45)50-34(5,6)7/h9-10,13-14,17,19,21-22,25,27H,1,11-12,15-16,18H2,2-8H3,(H,38,45)(H,39,42)(H,40,44)/t19-,21-,25+,27-,35-/m1/s1. The minimum Gasteiger partial charge on any atom is -0.494 e. The van der Waals surface area contributed by atoms with E-state index in [-0.39, 0.29) is 24.5 Å². The molecule has 0 bridgehead atoms. The van der Waals surface area contributed by atoms with Gasteiger partial charge in [-0.15, -0.1) is 6.58 Å². The molecule has 0 spiro atoms. The third-order valence-corrected chi connectivity index (χ3v) is 11.3. The second-order valence-electron chi connectivity index (χ2n) is 15.4. The Morgan fingerprint density at radius 2 is 1.80 bits per heavy atom.